The molecule has 1 aliphatic carbocycles. The molecule has 0 amide bonds. The second kappa shape index (κ2) is 5.15. The molecule has 94 valence electrons. The molecule has 3 N–H and O–H groups in total. The third kappa shape index (κ3) is 2.32. The third-order valence-corrected chi connectivity index (χ3v) is 4.59. The van der Waals surface area contributed by atoms with Crippen molar-refractivity contribution in [3.63, 3.8) is 0 Å². The van der Waals surface area contributed by atoms with Crippen molar-refractivity contribution in [2.45, 2.75) is 37.2 Å². The van der Waals surface area contributed by atoms with Crippen LogP contribution < -0.4 is 5.73 Å². The lowest BCUT2D eigenvalue weighted by Gasteiger charge is -2.41. The second-order valence-electron chi connectivity index (χ2n) is 4.75. The minimum atomic E-state index is -0.390. The Morgan fingerprint density at radius 1 is 1.29 bits per heavy atom. The summed E-state index contributed by atoms with van der Waals surface area (Å²) in [6.07, 6.45) is 3.47. The van der Waals surface area contributed by atoms with Gasteiger partial charge in [-0.25, -0.2) is 0 Å². The minimum absolute atomic E-state index is 0.355. The predicted molar refractivity (Wildman–Crippen MR) is 71.7 cm³/mol. The molecule has 4 heteroatoms. The lowest BCUT2D eigenvalue weighted by atomic mass is 9.67. The smallest absolute Gasteiger partial charge is 0.0649 e. The molecule has 17 heavy (non-hydrogen) atoms. The Kier molecular flexibility index (Phi) is 3.99. The van der Waals surface area contributed by atoms with Crippen LogP contribution in [0.3, 0.4) is 0 Å². The maximum Gasteiger partial charge on any atom is 0.0649 e. The quantitative estimate of drug-likeness (QED) is 0.870. The van der Waals surface area contributed by atoms with Gasteiger partial charge in [-0.2, -0.15) is 0 Å². The number of hydrogen-bond donors (Lipinski definition) is 2. The Bertz CT molecular complexity index is 410. The first kappa shape index (κ1) is 13.2. The average Bonchev–Trinajstić information content (AvgIpc) is 2.34. The lowest BCUT2D eigenvalue weighted by Crippen LogP contribution is -2.48. The van der Waals surface area contributed by atoms with Gasteiger partial charge < -0.3 is 10.8 Å². The van der Waals surface area contributed by atoms with Crippen LogP contribution in [0.1, 0.15) is 31.2 Å². The van der Waals surface area contributed by atoms with E-state index in [1.54, 1.807) is 6.07 Å². The first-order valence-corrected chi connectivity index (χ1v) is 6.69. The highest BCUT2D eigenvalue weighted by atomic mass is 35.5. The fourth-order valence-corrected chi connectivity index (χ4v) is 3.02. The van der Waals surface area contributed by atoms with Crippen molar-refractivity contribution >= 4 is 23.2 Å². The summed E-state index contributed by atoms with van der Waals surface area (Å²) in [5, 5.41) is 11.3. The van der Waals surface area contributed by atoms with Crippen LogP contribution in [0.15, 0.2) is 18.2 Å². The van der Waals surface area contributed by atoms with Crippen molar-refractivity contribution in [2.75, 3.05) is 6.54 Å². The number of aliphatic hydroxyl groups is 1. The second-order valence-corrected chi connectivity index (χ2v) is 5.57. The summed E-state index contributed by atoms with van der Waals surface area (Å²) in [5.41, 5.74) is 6.56. The summed E-state index contributed by atoms with van der Waals surface area (Å²) in [6.45, 7) is 0.437. The van der Waals surface area contributed by atoms with Crippen LogP contribution >= 0.6 is 23.2 Å². The van der Waals surface area contributed by atoms with E-state index in [0.717, 1.165) is 31.2 Å². The molecule has 0 radical (unpaired) electrons. The largest absolute Gasteiger partial charge is 0.392 e. The Balaban J connectivity index is 2.42. The van der Waals surface area contributed by atoms with Gasteiger partial charge >= 0.3 is 0 Å². The maximum atomic E-state index is 10.3. The van der Waals surface area contributed by atoms with Crippen molar-refractivity contribution in [1.82, 2.24) is 0 Å². The van der Waals surface area contributed by atoms with E-state index in [0.29, 0.717) is 16.6 Å². The van der Waals surface area contributed by atoms with Gasteiger partial charge in [-0.1, -0.05) is 42.1 Å². The molecule has 2 atom stereocenters. The predicted octanol–water partition coefficient (Wildman–Crippen LogP) is 3.12. The molecule has 0 spiro atoms. The monoisotopic (exact) mass is 273 g/mol. The van der Waals surface area contributed by atoms with Crippen LogP contribution in [0, 0.1) is 0 Å². The fourth-order valence-electron chi connectivity index (χ4n) is 2.72. The summed E-state index contributed by atoms with van der Waals surface area (Å²) in [6, 6.07) is 5.54. The van der Waals surface area contributed by atoms with Crippen LogP contribution in [0.5, 0.6) is 0 Å². The molecule has 0 saturated heterocycles. The molecule has 1 fully saturated rings. The number of halogens is 2. The van der Waals surface area contributed by atoms with E-state index < -0.39 is 6.10 Å². The molecule has 2 rings (SSSR count). The summed E-state index contributed by atoms with van der Waals surface area (Å²) in [7, 11) is 0. The normalized spacial score (nSPS) is 29.3. The van der Waals surface area contributed by atoms with Gasteiger partial charge in [0, 0.05) is 12.0 Å². The van der Waals surface area contributed by atoms with Crippen LogP contribution in [-0.4, -0.2) is 17.8 Å². The Hall–Kier alpha value is -0.280. The van der Waals surface area contributed by atoms with Crippen LogP contribution in [0.2, 0.25) is 10.0 Å². The van der Waals surface area contributed by atoms with E-state index in [1.807, 2.05) is 12.1 Å². The lowest BCUT2D eigenvalue weighted by molar-refractivity contribution is 0.0464. The molecule has 0 aromatic heterocycles. The van der Waals surface area contributed by atoms with E-state index >= 15 is 0 Å². The topological polar surface area (TPSA) is 46.2 Å². The van der Waals surface area contributed by atoms with Gasteiger partial charge in [-0.05, 0) is 30.5 Å². The maximum absolute atomic E-state index is 10.3. The summed E-state index contributed by atoms with van der Waals surface area (Å²) in [5.74, 6) is 0. The van der Waals surface area contributed by atoms with Crippen LogP contribution in [0.4, 0.5) is 0 Å². The van der Waals surface area contributed by atoms with Gasteiger partial charge in [0.15, 0.2) is 0 Å². The van der Waals surface area contributed by atoms with E-state index in [9.17, 15) is 5.11 Å². The first-order chi connectivity index (χ1) is 8.10. The molecule has 1 aromatic rings. The van der Waals surface area contributed by atoms with Gasteiger partial charge in [-0.3, -0.25) is 0 Å². The Morgan fingerprint density at radius 2 is 2.06 bits per heavy atom. The fraction of sp³-hybridized carbons (Fsp3) is 0.538. The standard InChI is InChI=1S/C13H17Cl2NO/c14-10-5-4-9(7-11(10)15)13(8-16)6-2-1-3-12(13)17/h4-5,7,12,17H,1-3,6,8,16H2. The van der Waals surface area contributed by atoms with E-state index in [2.05, 4.69) is 0 Å². The van der Waals surface area contributed by atoms with Gasteiger partial charge in [0.1, 0.15) is 0 Å². The van der Waals surface area contributed by atoms with Gasteiger partial charge in [-0.15, -0.1) is 0 Å². The minimum Gasteiger partial charge on any atom is -0.392 e. The molecular formula is C13H17Cl2NO. The zero-order chi connectivity index (χ0) is 12.5. The van der Waals surface area contributed by atoms with E-state index in [-0.39, 0.29) is 5.41 Å². The Morgan fingerprint density at radius 3 is 2.65 bits per heavy atom. The van der Waals surface area contributed by atoms with Gasteiger partial charge in [0.25, 0.3) is 0 Å². The number of benzene rings is 1. The summed E-state index contributed by atoms with van der Waals surface area (Å²) >= 11 is 12.0. The molecule has 1 aromatic carbocycles. The van der Waals surface area contributed by atoms with Crippen LogP contribution in [0.25, 0.3) is 0 Å². The highest BCUT2D eigenvalue weighted by Crippen LogP contribution is 2.40. The van der Waals surface area contributed by atoms with Gasteiger partial charge in [0.2, 0.25) is 0 Å². The number of rotatable bonds is 2. The number of aliphatic hydroxyl groups excluding tert-OH is 1. The molecule has 1 aliphatic rings. The van der Waals surface area contributed by atoms with Crippen molar-refractivity contribution in [3.05, 3.63) is 33.8 Å². The van der Waals surface area contributed by atoms with Gasteiger partial charge in [0.05, 0.1) is 16.1 Å². The Labute approximate surface area is 112 Å². The highest BCUT2D eigenvalue weighted by Gasteiger charge is 2.40. The zero-order valence-corrected chi connectivity index (χ0v) is 11.1. The highest BCUT2D eigenvalue weighted by molar-refractivity contribution is 6.42. The molecule has 0 bridgehead atoms. The third-order valence-electron chi connectivity index (χ3n) is 3.85. The van der Waals surface area contributed by atoms with Crippen molar-refractivity contribution in [3.8, 4) is 0 Å². The zero-order valence-electron chi connectivity index (χ0n) is 9.63. The van der Waals surface area contributed by atoms with E-state index in [4.69, 9.17) is 28.9 Å². The molecule has 2 unspecified atom stereocenters. The van der Waals surface area contributed by atoms with E-state index in [1.165, 1.54) is 0 Å². The van der Waals surface area contributed by atoms with Crippen molar-refractivity contribution in [2.24, 2.45) is 5.73 Å². The molecule has 0 aliphatic heterocycles. The summed E-state index contributed by atoms with van der Waals surface area (Å²) in [4.78, 5) is 0. The van der Waals surface area contributed by atoms with Crippen molar-refractivity contribution in [1.29, 1.82) is 0 Å². The molecule has 0 heterocycles. The molecule has 2 nitrogen and oxygen atoms in total. The number of hydrogen-bond acceptors (Lipinski definition) is 2. The summed E-state index contributed by atoms with van der Waals surface area (Å²) < 4.78 is 0. The molecule has 1 saturated carbocycles. The molecular weight excluding hydrogens is 257 g/mol. The van der Waals surface area contributed by atoms with Crippen molar-refractivity contribution < 1.29 is 5.11 Å². The first-order valence-electron chi connectivity index (χ1n) is 5.94. The average molecular weight is 274 g/mol. The number of nitrogens with two attached hydrogens (primary N) is 1. The van der Waals surface area contributed by atoms with Crippen LogP contribution in [-0.2, 0) is 5.41 Å². The SMILES string of the molecule is NCC1(c2ccc(Cl)c(Cl)c2)CCCCC1O.